The molecule has 0 aliphatic rings. The Morgan fingerprint density at radius 2 is 2.25 bits per heavy atom. The van der Waals surface area contributed by atoms with Crippen molar-refractivity contribution in [1.82, 2.24) is 4.98 Å². The number of hydrogen-bond acceptors (Lipinski definition) is 2. The Morgan fingerprint density at radius 3 is 3.12 bits per heavy atom. The molecule has 2 nitrogen and oxygen atoms in total. The number of H-pyrrole nitrogens is 1. The molecule has 1 aromatic heterocycles. The molecule has 0 saturated carbocycles. The van der Waals surface area contributed by atoms with E-state index in [9.17, 15) is 0 Å². The fourth-order valence-electron chi connectivity index (χ4n) is 1.62. The number of benzene rings is 1. The van der Waals surface area contributed by atoms with Crippen molar-refractivity contribution in [2.75, 3.05) is 18.1 Å². The number of fused-ring (bicyclic) bond motifs is 1. The van der Waals surface area contributed by atoms with Crippen LogP contribution in [0.15, 0.2) is 30.5 Å². The van der Waals surface area contributed by atoms with Crippen LogP contribution in [0.5, 0.6) is 5.75 Å². The summed E-state index contributed by atoms with van der Waals surface area (Å²) in [6.45, 7) is 2.99. The van der Waals surface area contributed by atoms with Gasteiger partial charge < -0.3 is 9.72 Å². The summed E-state index contributed by atoms with van der Waals surface area (Å²) >= 11 is 1.96. The smallest absolute Gasteiger partial charge is 0.120 e. The molecule has 0 aliphatic heterocycles. The first-order chi connectivity index (χ1) is 7.90. The molecule has 0 spiro atoms. The number of aromatic amines is 1. The van der Waals surface area contributed by atoms with Crippen LogP contribution < -0.4 is 4.74 Å². The third-order valence-corrected chi connectivity index (χ3v) is 3.42. The number of hydrogen-bond donors (Lipinski definition) is 1. The number of nitrogens with one attached hydrogen (secondary N) is 1. The van der Waals surface area contributed by atoms with Gasteiger partial charge in [-0.2, -0.15) is 11.8 Å². The minimum Gasteiger partial charge on any atom is -0.494 e. The van der Waals surface area contributed by atoms with E-state index in [-0.39, 0.29) is 0 Å². The maximum atomic E-state index is 5.70. The summed E-state index contributed by atoms with van der Waals surface area (Å²) in [6, 6.07) is 8.23. The van der Waals surface area contributed by atoms with Gasteiger partial charge in [0.25, 0.3) is 0 Å². The van der Waals surface area contributed by atoms with Crippen LogP contribution in [0.25, 0.3) is 10.9 Å². The molecule has 16 heavy (non-hydrogen) atoms. The molecule has 0 amide bonds. The molecule has 2 aromatic rings. The summed E-state index contributed by atoms with van der Waals surface area (Å²) in [4.78, 5) is 3.17. The van der Waals surface area contributed by atoms with Gasteiger partial charge in [0.2, 0.25) is 0 Å². The Kier molecular flexibility index (Phi) is 4.17. The molecule has 0 saturated heterocycles. The van der Waals surface area contributed by atoms with E-state index >= 15 is 0 Å². The van der Waals surface area contributed by atoms with E-state index < -0.39 is 0 Å². The van der Waals surface area contributed by atoms with Gasteiger partial charge in [-0.05, 0) is 42.2 Å². The Bertz CT molecular complexity index is 438. The molecule has 1 N–H and O–H groups in total. The highest BCUT2D eigenvalue weighted by atomic mass is 32.2. The van der Waals surface area contributed by atoms with Crippen molar-refractivity contribution in [2.45, 2.75) is 13.3 Å². The molecule has 0 atom stereocenters. The molecule has 0 radical (unpaired) electrons. The number of aromatic nitrogens is 1. The molecule has 0 fully saturated rings. The van der Waals surface area contributed by atoms with Crippen molar-refractivity contribution >= 4 is 22.7 Å². The van der Waals surface area contributed by atoms with Gasteiger partial charge in [0.05, 0.1) is 6.61 Å². The molecule has 0 bridgehead atoms. The van der Waals surface area contributed by atoms with Crippen LogP contribution >= 0.6 is 11.8 Å². The van der Waals surface area contributed by atoms with Crippen molar-refractivity contribution in [2.24, 2.45) is 0 Å². The Morgan fingerprint density at radius 1 is 1.31 bits per heavy atom. The minimum absolute atomic E-state index is 0.808. The van der Waals surface area contributed by atoms with Gasteiger partial charge in [-0.3, -0.25) is 0 Å². The molecular weight excluding hydrogens is 218 g/mol. The highest BCUT2D eigenvalue weighted by molar-refractivity contribution is 7.99. The van der Waals surface area contributed by atoms with E-state index in [1.54, 1.807) is 0 Å². The van der Waals surface area contributed by atoms with Crippen molar-refractivity contribution in [1.29, 1.82) is 0 Å². The first kappa shape index (κ1) is 11.4. The third-order valence-electron chi connectivity index (χ3n) is 2.43. The highest BCUT2D eigenvalue weighted by Crippen LogP contribution is 2.19. The third kappa shape index (κ3) is 2.95. The van der Waals surface area contributed by atoms with Crippen molar-refractivity contribution in [3.8, 4) is 5.75 Å². The Balaban J connectivity index is 1.84. The quantitative estimate of drug-likeness (QED) is 0.772. The second kappa shape index (κ2) is 5.85. The largest absolute Gasteiger partial charge is 0.494 e. The van der Waals surface area contributed by atoms with Gasteiger partial charge in [0.1, 0.15) is 5.75 Å². The maximum Gasteiger partial charge on any atom is 0.120 e. The summed E-state index contributed by atoms with van der Waals surface area (Å²) in [5, 5.41) is 1.21. The van der Waals surface area contributed by atoms with E-state index in [2.05, 4.69) is 30.1 Å². The molecule has 1 heterocycles. The monoisotopic (exact) mass is 235 g/mol. The second-order valence-corrected chi connectivity index (χ2v) is 5.02. The average Bonchev–Trinajstić information content (AvgIpc) is 2.76. The van der Waals surface area contributed by atoms with Gasteiger partial charge in [0, 0.05) is 17.1 Å². The van der Waals surface area contributed by atoms with Gasteiger partial charge in [-0.1, -0.05) is 6.92 Å². The van der Waals surface area contributed by atoms with E-state index in [1.807, 2.05) is 24.0 Å². The first-order valence-electron chi connectivity index (χ1n) is 5.68. The SMILES string of the molecule is CCSCCCOc1ccc2[nH]ccc2c1. The lowest BCUT2D eigenvalue weighted by atomic mass is 10.2. The van der Waals surface area contributed by atoms with Crippen LogP contribution in [-0.4, -0.2) is 23.1 Å². The average molecular weight is 235 g/mol. The maximum absolute atomic E-state index is 5.70. The zero-order chi connectivity index (χ0) is 11.2. The topological polar surface area (TPSA) is 25.0 Å². The lowest BCUT2D eigenvalue weighted by Gasteiger charge is -2.05. The molecular formula is C13H17NOS. The fraction of sp³-hybridized carbons (Fsp3) is 0.385. The van der Waals surface area contributed by atoms with Crippen LogP contribution in [0.1, 0.15) is 13.3 Å². The summed E-state index contributed by atoms with van der Waals surface area (Å²) in [7, 11) is 0. The van der Waals surface area contributed by atoms with E-state index in [4.69, 9.17) is 4.74 Å². The normalized spacial score (nSPS) is 10.8. The number of rotatable bonds is 6. The van der Waals surface area contributed by atoms with Crippen LogP contribution in [0.2, 0.25) is 0 Å². The van der Waals surface area contributed by atoms with E-state index in [0.29, 0.717) is 0 Å². The Hall–Kier alpha value is -1.09. The fourth-order valence-corrected chi connectivity index (χ4v) is 2.23. The zero-order valence-corrected chi connectivity index (χ0v) is 10.3. The minimum atomic E-state index is 0.808. The number of ether oxygens (including phenoxy) is 1. The van der Waals surface area contributed by atoms with Gasteiger partial charge in [0.15, 0.2) is 0 Å². The summed E-state index contributed by atoms with van der Waals surface area (Å²) < 4.78 is 5.70. The molecule has 2 rings (SSSR count). The van der Waals surface area contributed by atoms with Gasteiger partial charge >= 0.3 is 0 Å². The van der Waals surface area contributed by atoms with Gasteiger partial charge in [-0.15, -0.1) is 0 Å². The van der Waals surface area contributed by atoms with Crippen LogP contribution in [0.3, 0.4) is 0 Å². The van der Waals surface area contributed by atoms with Crippen molar-refractivity contribution in [3.05, 3.63) is 30.5 Å². The van der Waals surface area contributed by atoms with E-state index in [1.165, 1.54) is 16.9 Å². The molecule has 0 unspecified atom stereocenters. The predicted octanol–water partition coefficient (Wildman–Crippen LogP) is 3.69. The predicted molar refractivity (Wildman–Crippen MR) is 71.4 cm³/mol. The van der Waals surface area contributed by atoms with Gasteiger partial charge in [-0.25, -0.2) is 0 Å². The lowest BCUT2D eigenvalue weighted by Crippen LogP contribution is -1.98. The Labute approximate surface area is 100 Å². The molecule has 86 valence electrons. The summed E-state index contributed by atoms with van der Waals surface area (Å²) in [5.74, 6) is 3.34. The molecule has 1 aromatic carbocycles. The molecule has 0 aliphatic carbocycles. The zero-order valence-electron chi connectivity index (χ0n) is 9.53. The summed E-state index contributed by atoms with van der Waals surface area (Å²) in [5.41, 5.74) is 1.16. The standard InChI is InChI=1S/C13H17NOS/c1-2-16-9-3-8-15-12-4-5-13-11(10-12)6-7-14-13/h4-7,10,14H,2-3,8-9H2,1H3. The van der Waals surface area contributed by atoms with E-state index in [0.717, 1.165) is 24.3 Å². The second-order valence-electron chi connectivity index (χ2n) is 3.63. The van der Waals surface area contributed by atoms with Crippen molar-refractivity contribution in [3.63, 3.8) is 0 Å². The number of thioether (sulfide) groups is 1. The van der Waals surface area contributed by atoms with Crippen LogP contribution in [0.4, 0.5) is 0 Å². The summed E-state index contributed by atoms with van der Waals surface area (Å²) in [6.07, 6.45) is 3.07. The highest BCUT2D eigenvalue weighted by Gasteiger charge is 1.97. The van der Waals surface area contributed by atoms with Crippen molar-refractivity contribution < 1.29 is 4.74 Å². The van der Waals surface area contributed by atoms with Crippen LogP contribution in [0, 0.1) is 0 Å². The lowest BCUT2D eigenvalue weighted by molar-refractivity contribution is 0.319. The first-order valence-corrected chi connectivity index (χ1v) is 6.83. The van der Waals surface area contributed by atoms with Crippen LogP contribution in [-0.2, 0) is 0 Å². The molecule has 3 heteroatoms.